The van der Waals surface area contributed by atoms with Gasteiger partial charge >= 0.3 is 5.97 Å². The van der Waals surface area contributed by atoms with Gasteiger partial charge in [0.2, 0.25) is 0 Å². The Morgan fingerprint density at radius 2 is 2.24 bits per heavy atom. The second-order valence-corrected chi connectivity index (χ2v) is 3.66. The van der Waals surface area contributed by atoms with Crippen molar-refractivity contribution in [2.75, 3.05) is 5.32 Å². The molecule has 0 amide bonds. The number of H-pyrrole nitrogens is 1. The van der Waals surface area contributed by atoms with Crippen LogP contribution in [0.25, 0.3) is 0 Å². The maximum Gasteiger partial charge on any atom is 0.337 e. The smallest absolute Gasteiger partial charge is 0.337 e. The van der Waals surface area contributed by atoms with E-state index in [1.165, 1.54) is 18.5 Å². The van der Waals surface area contributed by atoms with Gasteiger partial charge < -0.3 is 10.4 Å². The number of nitrogens with zero attached hydrogens (tertiary/aromatic N) is 2. The molecular formula is C11H12N4O2. The number of carboxylic acid groups (broad SMARTS) is 1. The minimum Gasteiger partial charge on any atom is -0.478 e. The molecule has 2 rings (SSSR count). The van der Waals surface area contributed by atoms with Gasteiger partial charge in [-0.2, -0.15) is 5.10 Å². The number of pyridine rings is 1. The van der Waals surface area contributed by atoms with Gasteiger partial charge in [-0.25, -0.2) is 4.79 Å². The zero-order valence-corrected chi connectivity index (χ0v) is 9.48. The number of carboxylic acids is 1. The summed E-state index contributed by atoms with van der Waals surface area (Å²) in [7, 11) is 0. The summed E-state index contributed by atoms with van der Waals surface area (Å²) in [6, 6.07) is 1.45. The fourth-order valence-electron chi connectivity index (χ4n) is 1.55. The number of rotatable bonds is 3. The third kappa shape index (κ3) is 2.10. The molecule has 2 aromatic heterocycles. The van der Waals surface area contributed by atoms with E-state index in [1.54, 1.807) is 0 Å². The molecule has 0 aliphatic heterocycles. The lowest BCUT2D eigenvalue weighted by Gasteiger charge is -2.08. The Morgan fingerprint density at radius 3 is 2.82 bits per heavy atom. The highest BCUT2D eigenvalue weighted by molar-refractivity contribution is 5.95. The molecule has 0 spiro atoms. The Morgan fingerprint density at radius 1 is 1.47 bits per heavy atom. The van der Waals surface area contributed by atoms with Crippen LogP contribution >= 0.6 is 0 Å². The Labute approximate surface area is 97.7 Å². The van der Waals surface area contributed by atoms with Gasteiger partial charge in [0.15, 0.2) is 0 Å². The van der Waals surface area contributed by atoms with Crippen molar-refractivity contribution in [2.24, 2.45) is 0 Å². The van der Waals surface area contributed by atoms with E-state index in [0.29, 0.717) is 5.69 Å². The molecule has 17 heavy (non-hydrogen) atoms. The zero-order valence-electron chi connectivity index (χ0n) is 9.48. The molecular weight excluding hydrogens is 220 g/mol. The summed E-state index contributed by atoms with van der Waals surface area (Å²) in [5.41, 5.74) is 3.04. The van der Waals surface area contributed by atoms with Crippen LogP contribution in [-0.4, -0.2) is 26.3 Å². The number of hydrogen-bond acceptors (Lipinski definition) is 4. The van der Waals surface area contributed by atoms with E-state index in [2.05, 4.69) is 20.5 Å². The summed E-state index contributed by atoms with van der Waals surface area (Å²) in [6.45, 7) is 3.70. The molecule has 2 aromatic rings. The monoisotopic (exact) mass is 232 g/mol. The fourth-order valence-corrected chi connectivity index (χ4v) is 1.55. The van der Waals surface area contributed by atoms with Gasteiger partial charge in [0.1, 0.15) is 0 Å². The Balaban J connectivity index is 2.40. The molecule has 0 saturated heterocycles. The predicted octanol–water partition coefficient (Wildman–Crippen LogP) is 1.86. The van der Waals surface area contributed by atoms with Gasteiger partial charge in [-0.1, -0.05) is 0 Å². The number of aryl methyl sites for hydroxylation is 2. The van der Waals surface area contributed by atoms with E-state index >= 15 is 0 Å². The van der Waals surface area contributed by atoms with Crippen LogP contribution in [0, 0.1) is 13.8 Å². The maximum atomic E-state index is 11.0. The molecule has 88 valence electrons. The number of nitrogens with one attached hydrogen (secondary N) is 2. The molecule has 0 atom stereocenters. The minimum absolute atomic E-state index is 0.181. The third-order valence-corrected chi connectivity index (χ3v) is 2.44. The standard InChI is InChI=1S/C11H12N4O2/c1-6-10(7(2)15-14-6)13-9-5-12-4-3-8(9)11(16)17/h3-5,13H,1-2H3,(H,14,15)(H,16,17). The molecule has 0 saturated carbocycles. The number of hydrogen-bond donors (Lipinski definition) is 3. The lowest BCUT2D eigenvalue weighted by atomic mass is 10.2. The number of aromatic amines is 1. The highest BCUT2D eigenvalue weighted by atomic mass is 16.4. The van der Waals surface area contributed by atoms with Crippen LogP contribution < -0.4 is 5.32 Å². The van der Waals surface area contributed by atoms with Crippen molar-refractivity contribution in [3.05, 3.63) is 35.4 Å². The summed E-state index contributed by atoms with van der Waals surface area (Å²) in [4.78, 5) is 14.9. The first-order valence-corrected chi connectivity index (χ1v) is 5.05. The Kier molecular flexibility index (Phi) is 2.78. The first-order chi connectivity index (χ1) is 8.09. The second-order valence-electron chi connectivity index (χ2n) is 3.66. The van der Waals surface area contributed by atoms with Crippen LogP contribution in [-0.2, 0) is 0 Å². The molecule has 0 aliphatic rings. The van der Waals surface area contributed by atoms with Gasteiger partial charge in [0, 0.05) is 6.20 Å². The van der Waals surface area contributed by atoms with E-state index < -0.39 is 5.97 Å². The van der Waals surface area contributed by atoms with E-state index in [-0.39, 0.29) is 5.56 Å². The van der Waals surface area contributed by atoms with Gasteiger partial charge in [0.05, 0.1) is 34.5 Å². The topological polar surface area (TPSA) is 90.9 Å². The maximum absolute atomic E-state index is 11.0. The molecule has 0 radical (unpaired) electrons. The number of aromatic nitrogens is 3. The lowest BCUT2D eigenvalue weighted by molar-refractivity contribution is 0.0698. The Hall–Kier alpha value is -2.37. The molecule has 6 heteroatoms. The quantitative estimate of drug-likeness (QED) is 0.751. The third-order valence-electron chi connectivity index (χ3n) is 2.44. The normalized spacial score (nSPS) is 10.2. The highest BCUT2D eigenvalue weighted by Crippen LogP contribution is 2.24. The molecule has 0 fully saturated rings. The van der Waals surface area contributed by atoms with E-state index in [9.17, 15) is 4.79 Å². The van der Waals surface area contributed by atoms with Crippen LogP contribution in [0.5, 0.6) is 0 Å². The zero-order chi connectivity index (χ0) is 12.4. The van der Waals surface area contributed by atoms with Crippen molar-refractivity contribution in [2.45, 2.75) is 13.8 Å². The highest BCUT2D eigenvalue weighted by Gasteiger charge is 2.12. The lowest BCUT2D eigenvalue weighted by Crippen LogP contribution is -2.03. The van der Waals surface area contributed by atoms with Gasteiger partial charge in [-0.3, -0.25) is 10.1 Å². The van der Waals surface area contributed by atoms with Crippen molar-refractivity contribution in [3.63, 3.8) is 0 Å². The summed E-state index contributed by atoms with van der Waals surface area (Å²) >= 11 is 0. The van der Waals surface area contributed by atoms with Crippen LogP contribution in [0.3, 0.4) is 0 Å². The Bertz CT molecular complexity index is 543. The molecule has 6 nitrogen and oxygen atoms in total. The number of aromatic carboxylic acids is 1. The van der Waals surface area contributed by atoms with E-state index in [4.69, 9.17) is 5.11 Å². The van der Waals surface area contributed by atoms with Crippen molar-refractivity contribution in [1.82, 2.24) is 15.2 Å². The minimum atomic E-state index is -0.992. The van der Waals surface area contributed by atoms with Gasteiger partial charge in [-0.05, 0) is 19.9 Å². The summed E-state index contributed by atoms with van der Waals surface area (Å²) < 4.78 is 0. The van der Waals surface area contributed by atoms with Crippen molar-refractivity contribution in [1.29, 1.82) is 0 Å². The number of anilines is 2. The average Bonchev–Trinajstić information content (AvgIpc) is 2.61. The van der Waals surface area contributed by atoms with E-state index in [1.807, 2.05) is 13.8 Å². The van der Waals surface area contributed by atoms with Gasteiger partial charge in [-0.15, -0.1) is 0 Å². The van der Waals surface area contributed by atoms with Crippen LogP contribution in [0.2, 0.25) is 0 Å². The second kappa shape index (κ2) is 4.25. The van der Waals surface area contributed by atoms with Crippen molar-refractivity contribution in [3.8, 4) is 0 Å². The van der Waals surface area contributed by atoms with Crippen LogP contribution in [0.4, 0.5) is 11.4 Å². The largest absolute Gasteiger partial charge is 0.478 e. The fraction of sp³-hybridized carbons (Fsp3) is 0.182. The summed E-state index contributed by atoms with van der Waals surface area (Å²) in [5, 5.41) is 18.9. The van der Waals surface area contributed by atoms with E-state index in [0.717, 1.165) is 17.1 Å². The summed E-state index contributed by atoms with van der Waals surface area (Å²) in [5.74, 6) is -0.992. The molecule has 3 N–H and O–H groups in total. The molecule has 0 unspecified atom stereocenters. The summed E-state index contributed by atoms with van der Waals surface area (Å²) in [6.07, 6.45) is 2.93. The first-order valence-electron chi connectivity index (χ1n) is 5.05. The molecule has 0 aromatic carbocycles. The van der Waals surface area contributed by atoms with Crippen LogP contribution in [0.15, 0.2) is 18.5 Å². The predicted molar refractivity (Wildman–Crippen MR) is 62.5 cm³/mol. The van der Waals surface area contributed by atoms with Crippen LogP contribution in [0.1, 0.15) is 21.7 Å². The number of carbonyl (C=O) groups is 1. The van der Waals surface area contributed by atoms with Gasteiger partial charge in [0.25, 0.3) is 0 Å². The first kappa shape index (κ1) is 11.1. The molecule has 0 aliphatic carbocycles. The van der Waals surface area contributed by atoms with Crippen molar-refractivity contribution >= 4 is 17.3 Å². The molecule has 2 heterocycles. The van der Waals surface area contributed by atoms with Crippen molar-refractivity contribution < 1.29 is 9.90 Å². The average molecular weight is 232 g/mol. The SMILES string of the molecule is Cc1n[nH]c(C)c1Nc1cnccc1C(=O)O. The molecule has 0 bridgehead atoms.